The van der Waals surface area contributed by atoms with Gasteiger partial charge in [0, 0.05) is 27.3 Å². The third kappa shape index (κ3) is 5.00. The smallest absolute Gasteiger partial charge is 0.251 e. The molecule has 3 nitrogen and oxygen atoms in total. The lowest BCUT2D eigenvalue weighted by Gasteiger charge is -2.23. The molecule has 126 valence electrons. The van der Waals surface area contributed by atoms with Crippen molar-refractivity contribution in [2.45, 2.75) is 29.5 Å². The summed E-state index contributed by atoms with van der Waals surface area (Å²) in [5.41, 5.74) is 1.93. The molecule has 5 heteroatoms. The van der Waals surface area contributed by atoms with Crippen molar-refractivity contribution in [2.75, 3.05) is 13.1 Å². The van der Waals surface area contributed by atoms with Crippen molar-refractivity contribution in [1.29, 1.82) is 0 Å². The number of benzene rings is 2. The second kappa shape index (κ2) is 8.56. The molecule has 1 aliphatic heterocycles. The molecule has 0 radical (unpaired) electrons. The highest BCUT2D eigenvalue weighted by molar-refractivity contribution is 7.98. The molecule has 0 bridgehead atoms. The van der Waals surface area contributed by atoms with Gasteiger partial charge in [0.15, 0.2) is 0 Å². The number of thioether (sulfide) groups is 1. The molecule has 0 unspecified atom stereocenters. The lowest BCUT2D eigenvalue weighted by atomic mass is 10.1. The van der Waals surface area contributed by atoms with Crippen molar-refractivity contribution in [3.05, 3.63) is 64.7 Å². The fourth-order valence-electron chi connectivity index (χ4n) is 2.68. The summed E-state index contributed by atoms with van der Waals surface area (Å²) in [5, 5.41) is 7.18. The Morgan fingerprint density at radius 1 is 1.08 bits per heavy atom. The first-order valence-corrected chi connectivity index (χ1v) is 9.56. The van der Waals surface area contributed by atoms with E-state index in [4.69, 9.17) is 11.6 Å². The third-order valence-electron chi connectivity index (χ3n) is 4.11. The maximum Gasteiger partial charge on any atom is 0.251 e. The van der Waals surface area contributed by atoms with Gasteiger partial charge in [-0.3, -0.25) is 4.79 Å². The molecular weight excluding hydrogens is 340 g/mol. The Balaban J connectivity index is 1.52. The van der Waals surface area contributed by atoms with E-state index in [1.165, 1.54) is 10.5 Å². The summed E-state index contributed by atoms with van der Waals surface area (Å²) in [7, 11) is 0. The number of amides is 1. The van der Waals surface area contributed by atoms with Crippen LogP contribution < -0.4 is 10.6 Å². The molecule has 1 aliphatic rings. The number of carbonyl (C=O) groups is 1. The highest BCUT2D eigenvalue weighted by Gasteiger charge is 2.16. The normalized spacial score (nSPS) is 15.2. The Morgan fingerprint density at radius 3 is 2.42 bits per heavy atom. The topological polar surface area (TPSA) is 41.1 Å². The maximum absolute atomic E-state index is 12.3. The Hall–Kier alpha value is -1.49. The van der Waals surface area contributed by atoms with E-state index < -0.39 is 0 Å². The van der Waals surface area contributed by atoms with Gasteiger partial charge in [0.1, 0.15) is 0 Å². The van der Waals surface area contributed by atoms with Crippen molar-refractivity contribution in [1.82, 2.24) is 10.6 Å². The quantitative estimate of drug-likeness (QED) is 0.788. The van der Waals surface area contributed by atoms with Gasteiger partial charge in [-0.15, -0.1) is 11.8 Å². The van der Waals surface area contributed by atoms with Crippen LogP contribution in [0.5, 0.6) is 0 Å². The van der Waals surface area contributed by atoms with Crippen molar-refractivity contribution in [2.24, 2.45) is 0 Å². The van der Waals surface area contributed by atoms with Gasteiger partial charge in [-0.1, -0.05) is 23.7 Å². The predicted molar refractivity (Wildman–Crippen MR) is 101 cm³/mol. The predicted octanol–water partition coefficient (Wildman–Crippen LogP) is 4.11. The second-order valence-electron chi connectivity index (χ2n) is 5.94. The molecular formula is C19H21ClN2OS. The Labute approximate surface area is 152 Å². The molecule has 0 atom stereocenters. The maximum atomic E-state index is 12.3. The van der Waals surface area contributed by atoms with Crippen molar-refractivity contribution in [3.63, 3.8) is 0 Å². The number of piperidine rings is 1. The number of carbonyl (C=O) groups excluding carboxylic acids is 1. The van der Waals surface area contributed by atoms with E-state index in [0.29, 0.717) is 6.04 Å². The SMILES string of the molecule is O=C(NC1CCNCC1)c1ccc(CSc2ccc(Cl)cc2)cc1. The first kappa shape index (κ1) is 17.3. The molecule has 24 heavy (non-hydrogen) atoms. The van der Waals surface area contributed by atoms with Crippen LogP contribution in [0.4, 0.5) is 0 Å². The van der Waals surface area contributed by atoms with Crippen LogP contribution >= 0.6 is 23.4 Å². The average Bonchev–Trinajstić information content (AvgIpc) is 2.62. The van der Waals surface area contributed by atoms with Gasteiger partial charge >= 0.3 is 0 Å². The van der Waals surface area contributed by atoms with Gasteiger partial charge < -0.3 is 10.6 Å². The average molecular weight is 361 g/mol. The molecule has 1 fully saturated rings. The zero-order valence-corrected chi connectivity index (χ0v) is 15.0. The van der Waals surface area contributed by atoms with E-state index >= 15 is 0 Å². The Morgan fingerprint density at radius 2 is 1.75 bits per heavy atom. The standard InChI is InChI=1S/C19H21ClN2OS/c20-16-5-7-18(8-6-16)24-13-14-1-3-15(4-2-14)19(23)22-17-9-11-21-12-10-17/h1-8,17,21H,9-13H2,(H,22,23). The van der Waals surface area contributed by atoms with E-state index in [1.807, 2.05) is 48.5 Å². The fraction of sp³-hybridized carbons (Fsp3) is 0.316. The van der Waals surface area contributed by atoms with Gasteiger partial charge in [0.25, 0.3) is 5.91 Å². The number of hydrogen-bond donors (Lipinski definition) is 2. The molecule has 0 saturated carbocycles. The minimum atomic E-state index is 0.0267. The summed E-state index contributed by atoms with van der Waals surface area (Å²) >= 11 is 7.65. The summed E-state index contributed by atoms with van der Waals surface area (Å²) in [5.74, 6) is 0.900. The second-order valence-corrected chi connectivity index (χ2v) is 7.42. The zero-order chi connectivity index (χ0) is 16.8. The molecule has 0 aliphatic carbocycles. The lowest BCUT2D eigenvalue weighted by Crippen LogP contribution is -2.42. The van der Waals surface area contributed by atoms with Crippen LogP contribution in [0.15, 0.2) is 53.4 Å². The van der Waals surface area contributed by atoms with E-state index in [0.717, 1.165) is 42.3 Å². The van der Waals surface area contributed by atoms with Gasteiger partial charge in [-0.05, 0) is 67.9 Å². The van der Waals surface area contributed by atoms with Gasteiger partial charge in [0.05, 0.1) is 0 Å². The zero-order valence-electron chi connectivity index (χ0n) is 13.4. The molecule has 1 amide bonds. The lowest BCUT2D eigenvalue weighted by molar-refractivity contribution is 0.0929. The first-order valence-electron chi connectivity index (χ1n) is 8.19. The van der Waals surface area contributed by atoms with Gasteiger partial charge in [0.2, 0.25) is 0 Å². The van der Waals surface area contributed by atoms with Crippen LogP contribution in [0.1, 0.15) is 28.8 Å². The molecule has 1 saturated heterocycles. The molecule has 0 spiro atoms. The Bertz CT molecular complexity index is 667. The Kier molecular flexibility index (Phi) is 6.18. The van der Waals surface area contributed by atoms with E-state index in [2.05, 4.69) is 10.6 Å². The van der Waals surface area contributed by atoms with Crippen LogP contribution in [-0.4, -0.2) is 25.0 Å². The van der Waals surface area contributed by atoms with Crippen LogP contribution in [0.2, 0.25) is 5.02 Å². The van der Waals surface area contributed by atoms with Crippen molar-refractivity contribution >= 4 is 29.3 Å². The highest BCUT2D eigenvalue weighted by Crippen LogP contribution is 2.24. The molecule has 1 heterocycles. The third-order valence-corrected chi connectivity index (χ3v) is 5.44. The number of nitrogens with one attached hydrogen (secondary N) is 2. The van der Waals surface area contributed by atoms with Gasteiger partial charge in [-0.25, -0.2) is 0 Å². The van der Waals surface area contributed by atoms with Crippen LogP contribution in [-0.2, 0) is 5.75 Å². The largest absolute Gasteiger partial charge is 0.349 e. The summed E-state index contributed by atoms with van der Waals surface area (Å²) in [6.07, 6.45) is 2.00. The fourth-order valence-corrected chi connectivity index (χ4v) is 3.67. The molecule has 2 aromatic carbocycles. The number of halogens is 1. The summed E-state index contributed by atoms with van der Waals surface area (Å²) in [6.45, 7) is 1.96. The number of hydrogen-bond acceptors (Lipinski definition) is 3. The van der Waals surface area contributed by atoms with Crippen LogP contribution in [0.3, 0.4) is 0 Å². The number of rotatable bonds is 5. The summed E-state index contributed by atoms with van der Waals surface area (Å²) < 4.78 is 0. The van der Waals surface area contributed by atoms with Crippen molar-refractivity contribution < 1.29 is 4.79 Å². The first-order chi connectivity index (χ1) is 11.7. The molecule has 2 N–H and O–H groups in total. The highest BCUT2D eigenvalue weighted by atomic mass is 35.5. The molecule has 2 aromatic rings. The van der Waals surface area contributed by atoms with Crippen LogP contribution in [0.25, 0.3) is 0 Å². The molecule has 3 rings (SSSR count). The van der Waals surface area contributed by atoms with Crippen LogP contribution in [0, 0.1) is 0 Å². The summed E-state index contributed by atoms with van der Waals surface area (Å²) in [6, 6.07) is 16.0. The molecule has 0 aromatic heterocycles. The van der Waals surface area contributed by atoms with E-state index in [1.54, 1.807) is 11.8 Å². The summed E-state index contributed by atoms with van der Waals surface area (Å²) in [4.78, 5) is 13.5. The van der Waals surface area contributed by atoms with E-state index in [9.17, 15) is 4.79 Å². The monoisotopic (exact) mass is 360 g/mol. The van der Waals surface area contributed by atoms with Gasteiger partial charge in [-0.2, -0.15) is 0 Å². The van der Waals surface area contributed by atoms with E-state index in [-0.39, 0.29) is 5.91 Å². The minimum absolute atomic E-state index is 0.0267. The van der Waals surface area contributed by atoms with Crippen molar-refractivity contribution in [3.8, 4) is 0 Å². The minimum Gasteiger partial charge on any atom is -0.349 e.